The number of hydrogen-bond acceptors (Lipinski definition) is 5. The van der Waals surface area contributed by atoms with E-state index >= 15 is 0 Å². The summed E-state index contributed by atoms with van der Waals surface area (Å²) in [6.45, 7) is 0. The Morgan fingerprint density at radius 3 is 1.19 bits per heavy atom. The highest BCUT2D eigenvalue weighted by atomic mass is 15.0. The fourth-order valence-corrected chi connectivity index (χ4v) is 7.56. The second-order valence-corrected chi connectivity index (χ2v) is 13.2. The van der Waals surface area contributed by atoms with Gasteiger partial charge < -0.3 is 9.13 Å². The predicted octanol–water partition coefficient (Wildman–Crippen LogP) is 10.8. The molecule has 0 saturated heterocycles. The Morgan fingerprint density at radius 1 is 0.352 bits per heavy atom. The molecule has 54 heavy (non-hydrogen) atoms. The van der Waals surface area contributed by atoms with Gasteiger partial charge in [-0.05, 0) is 66.7 Å². The van der Waals surface area contributed by atoms with Gasteiger partial charge in [0.25, 0.3) is 0 Å². The van der Waals surface area contributed by atoms with Crippen LogP contribution in [0, 0.1) is 22.7 Å². The molecule has 0 atom stereocenters. The number of nitrogens with zero attached hydrogens (tertiary/aromatic N) is 7. The molecule has 0 bridgehead atoms. The van der Waals surface area contributed by atoms with Crippen molar-refractivity contribution in [2.24, 2.45) is 0 Å². The maximum Gasteiger partial charge on any atom is 0.164 e. The van der Waals surface area contributed by atoms with Gasteiger partial charge >= 0.3 is 0 Å². The van der Waals surface area contributed by atoms with Gasteiger partial charge in [0.2, 0.25) is 0 Å². The van der Waals surface area contributed by atoms with E-state index in [4.69, 9.17) is 15.0 Å². The van der Waals surface area contributed by atoms with E-state index in [-0.39, 0.29) is 0 Å². The highest BCUT2D eigenvalue weighted by molar-refractivity contribution is 6.11. The fourth-order valence-electron chi connectivity index (χ4n) is 7.56. The van der Waals surface area contributed by atoms with E-state index in [1.807, 2.05) is 121 Å². The molecule has 3 aromatic heterocycles. The van der Waals surface area contributed by atoms with Gasteiger partial charge in [-0.2, -0.15) is 10.5 Å². The summed E-state index contributed by atoms with van der Waals surface area (Å²) >= 11 is 0. The van der Waals surface area contributed by atoms with Crippen LogP contribution < -0.4 is 0 Å². The highest BCUT2D eigenvalue weighted by Crippen LogP contribution is 2.38. The van der Waals surface area contributed by atoms with Gasteiger partial charge in [-0.3, -0.25) is 0 Å². The largest absolute Gasteiger partial charge is 0.309 e. The predicted molar refractivity (Wildman–Crippen MR) is 214 cm³/mol. The van der Waals surface area contributed by atoms with Crippen molar-refractivity contribution in [3.63, 3.8) is 0 Å². The number of nitriles is 2. The number of benzene rings is 7. The van der Waals surface area contributed by atoms with Crippen molar-refractivity contribution in [2.75, 3.05) is 0 Å². The van der Waals surface area contributed by atoms with Crippen LogP contribution in [0.1, 0.15) is 11.1 Å². The molecule has 0 amide bonds. The standard InChI is InChI=1S/C47H27N7/c48-28-30-19-21-43-39(23-30)37-15-7-9-17-41(37)53(43)35-25-34(47-51-45(32-11-3-1-4-12-32)50-46(52-47)33-13-5-2-6-14-33)26-36(27-35)54-42-18-10-8-16-38(42)40-24-31(29-49)20-22-44(40)54/h1-27H. The summed E-state index contributed by atoms with van der Waals surface area (Å²) in [5.41, 5.74) is 9.58. The molecule has 0 aliphatic rings. The van der Waals surface area contributed by atoms with Crippen molar-refractivity contribution in [1.82, 2.24) is 24.1 Å². The number of para-hydroxylation sites is 2. The van der Waals surface area contributed by atoms with E-state index in [9.17, 15) is 10.5 Å². The molecule has 0 spiro atoms. The summed E-state index contributed by atoms with van der Waals surface area (Å²) in [4.78, 5) is 15.2. The van der Waals surface area contributed by atoms with E-state index in [0.29, 0.717) is 28.6 Å². The fraction of sp³-hybridized carbons (Fsp3) is 0. The third-order valence-electron chi connectivity index (χ3n) is 9.98. The Kier molecular flexibility index (Phi) is 7.11. The van der Waals surface area contributed by atoms with Crippen molar-refractivity contribution in [2.45, 2.75) is 0 Å². The van der Waals surface area contributed by atoms with Crippen molar-refractivity contribution >= 4 is 43.6 Å². The minimum absolute atomic E-state index is 0.533. The second-order valence-electron chi connectivity index (χ2n) is 13.2. The quantitative estimate of drug-likeness (QED) is 0.179. The summed E-state index contributed by atoms with van der Waals surface area (Å²) in [5.74, 6) is 1.69. The first kappa shape index (κ1) is 30.9. The lowest BCUT2D eigenvalue weighted by molar-refractivity contribution is 1.07. The summed E-state index contributed by atoms with van der Waals surface area (Å²) in [6, 6.07) is 59.3. The molecule has 7 nitrogen and oxygen atoms in total. The molecule has 10 aromatic rings. The zero-order chi connectivity index (χ0) is 36.2. The zero-order valence-electron chi connectivity index (χ0n) is 28.7. The Bertz CT molecular complexity index is 2970. The first-order chi connectivity index (χ1) is 26.7. The second kappa shape index (κ2) is 12.4. The van der Waals surface area contributed by atoms with E-state index in [0.717, 1.165) is 71.7 Å². The zero-order valence-corrected chi connectivity index (χ0v) is 28.7. The summed E-state index contributed by atoms with van der Waals surface area (Å²) in [5, 5.41) is 23.7. The van der Waals surface area contributed by atoms with E-state index in [1.165, 1.54) is 0 Å². The molecule has 7 heteroatoms. The van der Waals surface area contributed by atoms with Crippen LogP contribution in [0.3, 0.4) is 0 Å². The van der Waals surface area contributed by atoms with Crippen LogP contribution in [0.4, 0.5) is 0 Å². The first-order valence-corrected chi connectivity index (χ1v) is 17.6. The Balaban J connectivity index is 1.32. The minimum Gasteiger partial charge on any atom is -0.309 e. The number of rotatable bonds is 5. The molecule has 250 valence electrons. The van der Waals surface area contributed by atoms with Gasteiger partial charge in [0.15, 0.2) is 17.5 Å². The van der Waals surface area contributed by atoms with Crippen molar-refractivity contribution in [1.29, 1.82) is 10.5 Å². The van der Waals surface area contributed by atoms with Gasteiger partial charge in [-0.25, -0.2) is 15.0 Å². The Hall–Kier alpha value is -7.87. The molecule has 0 N–H and O–H groups in total. The number of hydrogen-bond donors (Lipinski definition) is 0. The Labute approximate surface area is 309 Å². The topological polar surface area (TPSA) is 96.1 Å². The SMILES string of the molecule is N#Cc1ccc2c(c1)c1ccccc1n2-c1cc(-c2nc(-c3ccccc3)nc(-c3ccccc3)n2)cc(-n2c3ccccc3c3cc(C#N)ccc32)c1. The lowest BCUT2D eigenvalue weighted by Crippen LogP contribution is -2.03. The van der Waals surface area contributed by atoms with Gasteiger partial charge in [0.1, 0.15) is 0 Å². The molecular formula is C47H27N7. The average molecular weight is 690 g/mol. The maximum atomic E-state index is 9.82. The lowest BCUT2D eigenvalue weighted by Gasteiger charge is -2.16. The third kappa shape index (κ3) is 5.00. The van der Waals surface area contributed by atoms with E-state index in [2.05, 4.69) is 63.7 Å². The van der Waals surface area contributed by atoms with Crippen LogP contribution in [0.15, 0.2) is 164 Å². The first-order valence-electron chi connectivity index (χ1n) is 17.6. The molecule has 3 heterocycles. The van der Waals surface area contributed by atoms with Crippen molar-refractivity contribution in [3.8, 4) is 57.7 Å². The summed E-state index contributed by atoms with van der Waals surface area (Å²) in [6.07, 6.45) is 0. The molecule has 0 aliphatic heterocycles. The van der Waals surface area contributed by atoms with Crippen LogP contribution in [0.2, 0.25) is 0 Å². The molecule has 0 fully saturated rings. The van der Waals surface area contributed by atoms with Crippen molar-refractivity contribution < 1.29 is 0 Å². The molecule has 0 unspecified atom stereocenters. The molecular weight excluding hydrogens is 663 g/mol. The maximum absolute atomic E-state index is 9.82. The molecule has 0 radical (unpaired) electrons. The van der Waals surface area contributed by atoms with Gasteiger partial charge in [-0.1, -0.05) is 97.1 Å². The van der Waals surface area contributed by atoms with Gasteiger partial charge in [0.05, 0.1) is 45.3 Å². The molecule has 7 aromatic carbocycles. The van der Waals surface area contributed by atoms with Crippen LogP contribution in [-0.2, 0) is 0 Å². The van der Waals surface area contributed by atoms with Crippen LogP contribution in [-0.4, -0.2) is 24.1 Å². The Morgan fingerprint density at radius 2 is 0.741 bits per heavy atom. The highest BCUT2D eigenvalue weighted by Gasteiger charge is 2.20. The van der Waals surface area contributed by atoms with Crippen molar-refractivity contribution in [3.05, 3.63) is 175 Å². The van der Waals surface area contributed by atoms with Crippen LogP contribution in [0.5, 0.6) is 0 Å². The third-order valence-corrected chi connectivity index (χ3v) is 9.98. The van der Waals surface area contributed by atoms with Gasteiger partial charge in [0, 0.05) is 49.6 Å². The van der Waals surface area contributed by atoms with E-state index < -0.39 is 0 Å². The van der Waals surface area contributed by atoms with Gasteiger partial charge in [-0.15, -0.1) is 0 Å². The monoisotopic (exact) mass is 689 g/mol. The van der Waals surface area contributed by atoms with Crippen LogP contribution >= 0.6 is 0 Å². The number of aromatic nitrogens is 5. The van der Waals surface area contributed by atoms with E-state index in [1.54, 1.807) is 0 Å². The molecule has 0 saturated carbocycles. The minimum atomic E-state index is 0.533. The molecule has 0 aliphatic carbocycles. The smallest absolute Gasteiger partial charge is 0.164 e. The summed E-state index contributed by atoms with van der Waals surface area (Å²) < 4.78 is 4.50. The number of fused-ring (bicyclic) bond motifs is 6. The lowest BCUT2D eigenvalue weighted by atomic mass is 10.1. The molecule has 10 rings (SSSR count). The average Bonchev–Trinajstić information content (AvgIpc) is 3.76. The van der Waals surface area contributed by atoms with Crippen LogP contribution in [0.25, 0.3) is 89.2 Å². The summed E-state index contributed by atoms with van der Waals surface area (Å²) in [7, 11) is 0. The normalized spacial score (nSPS) is 11.3.